The molecule has 0 heterocycles. The van der Waals surface area contributed by atoms with E-state index in [0.29, 0.717) is 6.54 Å². The summed E-state index contributed by atoms with van der Waals surface area (Å²) in [4.78, 5) is 12.4. The van der Waals surface area contributed by atoms with Crippen LogP contribution in [0.5, 0.6) is 5.75 Å². The molecule has 0 saturated carbocycles. The van der Waals surface area contributed by atoms with E-state index in [1.807, 2.05) is 62.4 Å². The molecule has 4 heteroatoms. The summed E-state index contributed by atoms with van der Waals surface area (Å²) < 4.78 is 5.36. The Balaban J connectivity index is 1.99. The predicted molar refractivity (Wildman–Crippen MR) is 92.1 cm³/mol. The number of benzene rings is 2. The SMILES string of the molecule is COc1cc(C)ccc1CNC(=O)C(C)C(N)c1ccccc1. The van der Waals surface area contributed by atoms with E-state index in [1.54, 1.807) is 7.11 Å². The standard InChI is InChI=1S/C19H24N2O2/c1-13-9-10-16(17(11-13)23-3)12-21-19(22)14(2)18(20)15-7-5-4-6-8-15/h4-11,14,18H,12,20H2,1-3H3,(H,21,22). The highest BCUT2D eigenvalue weighted by Gasteiger charge is 2.22. The van der Waals surface area contributed by atoms with Crippen LogP contribution in [0.25, 0.3) is 0 Å². The van der Waals surface area contributed by atoms with Crippen molar-refractivity contribution in [1.29, 1.82) is 0 Å². The van der Waals surface area contributed by atoms with Gasteiger partial charge in [0.2, 0.25) is 5.91 Å². The zero-order valence-corrected chi connectivity index (χ0v) is 13.9. The summed E-state index contributed by atoms with van der Waals surface area (Å²) in [6.07, 6.45) is 0. The van der Waals surface area contributed by atoms with Crippen LogP contribution in [0.1, 0.15) is 29.7 Å². The van der Waals surface area contributed by atoms with Gasteiger partial charge in [-0.15, -0.1) is 0 Å². The molecule has 0 radical (unpaired) electrons. The van der Waals surface area contributed by atoms with Crippen molar-refractivity contribution in [3.8, 4) is 5.75 Å². The van der Waals surface area contributed by atoms with Crippen LogP contribution >= 0.6 is 0 Å². The lowest BCUT2D eigenvalue weighted by Gasteiger charge is -2.20. The van der Waals surface area contributed by atoms with Crippen LogP contribution < -0.4 is 15.8 Å². The molecule has 0 saturated heterocycles. The van der Waals surface area contributed by atoms with Gasteiger partial charge in [-0.05, 0) is 24.1 Å². The monoisotopic (exact) mass is 312 g/mol. The number of amides is 1. The average Bonchev–Trinajstić information content (AvgIpc) is 2.59. The van der Waals surface area contributed by atoms with Crippen molar-refractivity contribution in [2.75, 3.05) is 7.11 Å². The van der Waals surface area contributed by atoms with Crippen LogP contribution in [0.2, 0.25) is 0 Å². The number of rotatable bonds is 6. The fraction of sp³-hybridized carbons (Fsp3) is 0.316. The summed E-state index contributed by atoms with van der Waals surface area (Å²) in [5, 5.41) is 2.94. The first-order valence-corrected chi connectivity index (χ1v) is 7.74. The van der Waals surface area contributed by atoms with Crippen LogP contribution in [0, 0.1) is 12.8 Å². The summed E-state index contributed by atoms with van der Waals surface area (Å²) in [5.41, 5.74) is 9.23. The Hall–Kier alpha value is -2.33. The number of hydrogen-bond acceptors (Lipinski definition) is 3. The van der Waals surface area contributed by atoms with Gasteiger partial charge < -0.3 is 15.8 Å². The molecule has 122 valence electrons. The first kappa shape index (κ1) is 17.0. The first-order chi connectivity index (χ1) is 11.0. The quantitative estimate of drug-likeness (QED) is 0.862. The zero-order valence-electron chi connectivity index (χ0n) is 13.9. The second-order valence-electron chi connectivity index (χ2n) is 5.76. The highest BCUT2D eigenvalue weighted by atomic mass is 16.5. The number of nitrogens with two attached hydrogens (primary N) is 1. The van der Waals surface area contributed by atoms with Gasteiger partial charge in [-0.3, -0.25) is 4.79 Å². The largest absolute Gasteiger partial charge is 0.496 e. The van der Waals surface area contributed by atoms with Gasteiger partial charge in [0.25, 0.3) is 0 Å². The molecule has 2 atom stereocenters. The third kappa shape index (κ3) is 4.33. The van der Waals surface area contributed by atoms with Gasteiger partial charge in [0, 0.05) is 18.2 Å². The second-order valence-corrected chi connectivity index (χ2v) is 5.76. The Morgan fingerprint density at radius 3 is 2.57 bits per heavy atom. The minimum atomic E-state index is -0.323. The maximum absolute atomic E-state index is 12.4. The van der Waals surface area contributed by atoms with Crippen LogP contribution in [0.4, 0.5) is 0 Å². The Kier molecular flexibility index (Phi) is 5.77. The minimum Gasteiger partial charge on any atom is -0.496 e. The molecular formula is C19H24N2O2. The van der Waals surface area contributed by atoms with Crippen molar-refractivity contribution in [1.82, 2.24) is 5.32 Å². The molecule has 2 unspecified atom stereocenters. The normalized spacial score (nSPS) is 13.2. The summed E-state index contributed by atoms with van der Waals surface area (Å²) in [6.45, 7) is 4.28. The first-order valence-electron chi connectivity index (χ1n) is 7.74. The number of ether oxygens (including phenoxy) is 1. The number of aryl methyl sites for hydroxylation is 1. The van der Waals surface area contributed by atoms with Crippen molar-refractivity contribution in [3.05, 3.63) is 65.2 Å². The molecule has 0 aliphatic heterocycles. The zero-order chi connectivity index (χ0) is 16.8. The number of nitrogens with one attached hydrogen (secondary N) is 1. The number of methoxy groups -OCH3 is 1. The van der Waals surface area contributed by atoms with E-state index in [4.69, 9.17) is 10.5 Å². The van der Waals surface area contributed by atoms with Gasteiger partial charge in [0.15, 0.2) is 0 Å². The molecule has 0 fully saturated rings. The van der Waals surface area contributed by atoms with Gasteiger partial charge in [0.1, 0.15) is 5.75 Å². The van der Waals surface area contributed by atoms with E-state index in [-0.39, 0.29) is 17.9 Å². The third-order valence-corrected chi connectivity index (χ3v) is 4.03. The molecule has 4 nitrogen and oxygen atoms in total. The van der Waals surface area contributed by atoms with Crippen LogP contribution in [0.15, 0.2) is 48.5 Å². The molecule has 0 bridgehead atoms. The molecule has 23 heavy (non-hydrogen) atoms. The molecule has 0 aliphatic carbocycles. The van der Waals surface area contributed by atoms with E-state index in [0.717, 1.165) is 22.4 Å². The van der Waals surface area contributed by atoms with Crippen LogP contribution in [0.3, 0.4) is 0 Å². The molecule has 0 aliphatic rings. The van der Waals surface area contributed by atoms with Crippen molar-refractivity contribution < 1.29 is 9.53 Å². The van der Waals surface area contributed by atoms with E-state index in [9.17, 15) is 4.79 Å². The maximum atomic E-state index is 12.4. The smallest absolute Gasteiger partial charge is 0.225 e. The van der Waals surface area contributed by atoms with Crippen molar-refractivity contribution in [2.24, 2.45) is 11.7 Å². The lowest BCUT2D eigenvalue weighted by atomic mass is 9.94. The lowest BCUT2D eigenvalue weighted by Crippen LogP contribution is -2.35. The Labute approximate surface area is 137 Å². The molecular weight excluding hydrogens is 288 g/mol. The van der Waals surface area contributed by atoms with Gasteiger partial charge in [-0.2, -0.15) is 0 Å². The fourth-order valence-electron chi connectivity index (χ4n) is 2.47. The molecule has 0 aromatic heterocycles. The van der Waals surface area contributed by atoms with Crippen molar-refractivity contribution in [3.63, 3.8) is 0 Å². The lowest BCUT2D eigenvalue weighted by molar-refractivity contribution is -0.125. The molecule has 1 amide bonds. The number of carbonyl (C=O) groups is 1. The summed E-state index contributed by atoms with van der Waals surface area (Å²) in [7, 11) is 1.63. The van der Waals surface area contributed by atoms with Gasteiger partial charge >= 0.3 is 0 Å². The topological polar surface area (TPSA) is 64.3 Å². The Morgan fingerprint density at radius 2 is 1.91 bits per heavy atom. The van der Waals surface area contributed by atoms with Gasteiger partial charge in [0.05, 0.1) is 13.0 Å². The second kappa shape index (κ2) is 7.79. The Bertz CT molecular complexity index is 656. The summed E-state index contributed by atoms with van der Waals surface area (Å²) in [5.74, 6) is 0.406. The maximum Gasteiger partial charge on any atom is 0.225 e. The van der Waals surface area contributed by atoms with Crippen molar-refractivity contribution >= 4 is 5.91 Å². The van der Waals surface area contributed by atoms with E-state index >= 15 is 0 Å². The van der Waals surface area contributed by atoms with Crippen molar-refractivity contribution in [2.45, 2.75) is 26.4 Å². The minimum absolute atomic E-state index is 0.0658. The average molecular weight is 312 g/mol. The molecule has 2 rings (SSSR count). The van der Waals surface area contributed by atoms with E-state index < -0.39 is 0 Å². The molecule has 0 spiro atoms. The molecule has 3 N–H and O–H groups in total. The third-order valence-electron chi connectivity index (χ3n) is 4.03. The highest BCUT2D eigenvalue weighted by Crippen LogP contribution is 2.21. The van der Waals surface area contributed by atoms with Crippen LogP contribution in [-0.4, -0.2) is 13.0 Å². The van der Waals surface area contributed by atoms with Gasteiger partial charge in [-0.25, -0.2) is 0 Å². The highest BCUT2D eigenvalue weighted by molar-refractivity contribution is 5.79. The van der Waals surface area contributed by atoms with E-state index in [1.165, 1.54) is 0 Å². The Morgan fingerprint density at radius 1 is 1.22 bits per heavy atom. The fourth-order valence-corrected chi connectivity index (χ4v) is 2.47. The number of carbonyl (C=O) groups excluding carboxylic acids is 1. The summed E-state index contributed by atoms with van der Waals surface area (Å²) in [6, 6.07) is 15.3. The van der Waals surface area contributed by atoms with E-state index in [2.05, 4.69) is 5.32 Å². The molecule has 2 aromatic rings. The molecule has 2 aromatic carbocycles. The predicted octanol–water partition coefficient (Wildman–Crippen LogP) is 2.96. The van der Waals surface area contributed by atoms with Gasteiger partial charge in [-0.1, -0.05) is 49.4 Å². The summed E-state index contributed by atoms with van der Waals surface area (Å²) >= 11 is 0. The number of hydrogen-bond donors (Lipinski definition) is 2. The van der Waals surface area contributed by atoms with Crippen LogP contribution in [-0.2, 0) is 11.3 Å².